The molecule has 1 fully saturated rings. The molecule has 1 aliphatic rings. The molecule has 2 atom stereocenters. The van der Waals surface area contributed by atoms with Crippen LogP contribution < -0.4 is 5.32 Å². The van der Waals surface area contributed by atoms with Gasteiger partial charge < -0.3 is 10.4 Å². The SMILES string of the molecule is O=C(O)C1CNCC1c1cc(F)ccc1Cl. The van der Waals surface area contributed by atoms with Crippen molar-refractivity contribution in [2.45, 2.75) is 5.92 Å². The highest BCUT2D eigenvalue weighted by Crippen LogP contribution is 2.33. The van der Waals surface area contributed by atoms with Crippen LogP contribution in [0.5, 0.6) is 0 Å². The Morgan fingerprint density at radius 2 is 2.25 bits per heavy atom. The van der Waals surface area contributed by atoms with E-state index in [1.807, 2.05) is 0 Å². The Kier molecular flexibility index (Phi) is 3.12. The number of aliphatic carboxylic acids is 1. The van der Waals surface area contributed by atoms with Gasteiger partial charge in [0.2, 0.25) is 0 Å². The molecule has 1 saturated heterocycles. The van der Waals surface area contributed by atoms with Crippen molar-refractivity contribution < 1.29 is 14.3 Å². The van der Waals surface area contributed by atoms with Crippen molar-refractivity contribution in [3.05, 3.63) is 34.6 Å². The highest BCUT2D eigenvalue weighted by atomic mass is 35.5. The Morgan fingerprint density at radius 3 is 2.94 bits per heavy atom. The van der Waals surface area contributed by atoms with Crippen LogP contribution in [0.25, 0.3) is 0 Å². The molecule has 3 nitrogen and oxygen atoms in total. The molecule has 0 bridgehead atoms. The topological polar surface area (TPSA) is 49.3 Å². The molecular formula is C11H11ClFNO2. The Morgan fingerprint density at radius 1 is 1.50 bits per heavy atom. The van der Waals surface area contributed by atoms with Crippen molar-refractivity contribution in [1.29, 1.82) is 0 Å². The van der Waals surface area contributed by atoms with E-state index in [0.717, 1.165) is 0 Å². The maximum Gasteiger partial charge on any atom is 0.308 e. The van der Waals surface area contributed by atoms with Gasteiger partial charge in [0.15, 0.2) is 0 Å². The average molecular weight is 244 g/mol. The molecule has 1 aromatic carbocycles. The highest BCUT2D eigenvalue weighted by Gasteiger charge is 2.35. The molecule has 0 radical (unpaired) electrons. The molecule has 1 aromatic rings. The summed E-state index contributed by atoms with van der Waals surface area (Å²) >= 11 is 5.96. The van der Waals surface area contributed by atoms with Gasteiger partial charge in [0.05, 0.1) is 5.92 Å². The smallest absolute Gasteiger partial charge is 0.308 e. The van der Waals surface area contributed by atoms with Gasteiger partial charge in [0, 0.05) is 24.0 Å². The number of carbonyl (C=O) groups is 1. The van der Waals surface area contributed by atoms with Crippen LogP contribution in [0.2, 0.25) is 5.02 Å². The quantitative estimate of drug-likeness (QED) is 0.834. The number of benzene rings is 1. The fourth-order valence-corrected chi connectivity index (χ4v) is 2.32. The van der Waals surface area contributed by atoms with Crippen molar-refractivity contribution in [3.8, 4) is 0 Å². The standard InChI is InChI=1S/C11H11ClFNO2/c12-10-2-1-6(13)3-7(10)8-4-14-5-9(8)11(15)16/h1-3,8-9,14H,4-5H2,(H,15,16). The zero-order valence-electron chi connectivity index (χ0n) is 8.41. The summed E-state index contributed by atoms with van der Waals surface area (Å²) in [7, 11) is 0. The zero-order valence-corrected chi connectivity index (χ0v) is 9.17. The predicted molar refractivity (Wildman–Crippen MR) is 58.1 cm³/mol. The third-order valence-corrected chi connectivity index (χ3v) is 3.23. The van der Waals surface area contributed by atoms with Crippen molar-refractivity contribution in [1.82, 2.24) is 5.32 Å². The van der Waals surface area contributed by atoms with Crippen molar-refractivity contribution in [2.24, 2.45) is 5.92 Å². The minimum atomic E-state index is -0.879. The molecule has 0 aliphatic carbocycles. The normalized spacial score (nSPS) is 24.6. The number of rotatable bonds is 2. The van der Waals surface area contributed by atoms with E-state index < -0.39 is 17.7 Å². The molecule has 0 aromatic heterocycles. The second-order valence-electron chi connectivity index (χ2n) is 3.88. The van der Waals surface area contributed by atoms with Crippen LogP contribution in [-0.2, 0) is 4.79 Å². The first kappa shape index (κ1) is 11.4. The van der Waals surface area contributed by atoms with E-state index in [1.165, 1.54) is 18.2 Å². The first-order chi connectivity index (χ1) is 7.59. The molecule has 1 aliphatic heterocycles. The van der Waals surface area contributed by atoms with Crippen LogP contribution >= 0.6 is 11.6 Å². The summed E-state index contributed by atoms with van der Waals surface area (Å²) in [5.74, 6) is -2.08. The van der Waals surface area contributed by atoms with E-state index in [0.29, 0.717) is 23.7 Å². The van der Waals surface area contributed by atoms with Gasteiger partial charge >= 0.3 is 5.97 Å². The van der Waals surface area contributed by atoms with Crippen LogP contribution in [0.1, 0.15) is 11.5 Å². The summed E-state index contributed by atoms with van der Waals surface area (Å²) < 4.78 is 13.1. The average Bonchev–Trinajstić information content (AvgIpc) is 2.70. The summed E-state index contributed by atoms with van der Waals surface area (Å²) in [4.78, 5) is 11.0. The lowest BCUT2D eigenvalue weighted by molar-refractivity contribution is -0.141. The summed E-state index contributed by atoms with van der Waals surface area (Å²) in [5.41, 5.74) is 0.569. The molecule has 1 heterocycles. The molecule has 2 unspecified atom stereocenters. The van der Waals surface area contributed by atoms with Gasteiger partial charge in [-0.2, -0.15) is 0 Å². The summed E-state index contributed by atoms with van der Waals surface area (Å²) in [6, 6.07) is 4.05. The molecule has 0 saturated carbocycles. The molecular weight excluding hydrogens is 233 g/mol. The lowest BCUT2D eigenvalue weighted by atomic mass is 9.89. The van der Waals surface area contributed by atoms with E-state index in [2.05, 4.69) is 5.32 Å². The lowest BCUT2D eigenvalue weighted by Crippen LogP contribution is -2.21. The molecule has 16 heavy (non-hydrogen) atoms. The first-order valence-corrected chi connectivity index (χ1v) is 5.36. The Balaban J connectivity index is 2.35. The van der Waals surface area contributed by atoms with Crippen LogP contribution in [0.3, 0.4) is 0 Å². The monoisotopic (exact) mass is 243 g/mol. The van der Waals surface area contributed by atoms with E-state index in [9.17, 15) is 9.18 Å². The first-order valence-electron chi connectivity index (χ1n) is 4.98. The van der Waals surface area contributed by atoms with Gasteiger partial charge in [-0.1, -0.05) is 11.6 Å². The maximum absolute atomic E-state index is 13.1. The summed E-state index contributed by atoms with van der Waals surface area (Å²) in [6.07, 6.45) is 0. The minimum Gasteiger partial charge on any atom is -0.481 e. The number of carboxylic acids is 1. The predicted octanol–water partition coefficient (Wildman–Crippen LogP) is 1.87. The number of hydrogen-bond donors (Lipinski definition) is 2. The molecule has 86 valence electrons. The van der Waals surface area contributed by atoms with Gasteiger partial charge in [-0.15, -0.1) is 0 Å². The van der Waals surface area contributed by atoms with E-state index >= 15 is 0 Å². The third-order valence-electron chi connectivity index (χ3n) is 2.89. The fourth-order valence-electron chi connectivity index (χ4n) is 2.06. The minimum absolute atomic E-state index is 0.263. The van der Waals surface area contributed by atoms with Crippen molar-refractivity contribution in [2.75, 3.05) is 13.1 Å². The zero-order chi connectivity index (χ0) is 11.7. The van der Waals surface area contributed by atoms with Crippen LogP contribution in [-0.4, -0.2) is 24.2 Å². The number of nitrogens with one attached hydrogen (secondary N) is 1. The fraction of sp³-hybridized carbons (Fsp3) is 0.364. The molecule has 2 rings (SSSR count). The maximum atomic E-state index is 13.1. The van der Waals surface area contributed by atoms with Gasteiger partial charge in [-0.3, -0.25) is 4.79 Å². The number of carboxylic acid groups (broad SMARTS) is 1. The molecule has 0 spiro atoms. The van der Waals surface area contributed by atoms with Gasteiger partial charge in [0.1, 0.15) is 5.82 Å². The third kappa shape index (κ3) is 2.03. The Hall–Kier alpha value is -1.13. The van der Waals surface area contributed by atoms with Crippen molar-refractivity contribution in [3.63, 3.8) is 0 Å². The molecule has 5 heteroatoms. The van der Waals surface area contributed by atoms with Crippen molar-refractivity contribution >= 4 is 17.6 Å². The second-order valence-corrected chi connectivity index (χ2v) is 4.28. The Bertz CT molecular complexity index is 424. The largest absolute Gasteiger partial charge is 0.481 e. The number of hydrogen-bond acceptors (Lipinski definition) is 2. The van der Waals surface area contributed by atoms with Gasteiger partial charge in [0.25, 0.3) is 0 Å². The van der Waals surface area contributed by atoms with Crippen LogP contribution in [0, 0.1) is 11.7 Å². The summed E-state index contributed by atoms with van der Waals surface area (Å²) in [6.45, 7) is 0.910. The summed E-state index contributed by atoms with van der Waals surface area (Å²) in [5, 5.41) is 12.4. The Labute approximate surface area is 97.2 Å². The highest BCUT2D eigenvalue weighted by molar-refractivity contribution is 6.31. The van der Waals surface area contributed by atoms with Crippen LogP contribution in [0.4, 0.5) is 4.39 Å². The van der Waals surface area contributed by atoms with Gasteiger partial charge in [-0.05, 0) is 23.8 Å². The number of halogens is 2. The molecule has 2 N–H and O–H groups in total. The lowest BCUT2D eigenvalue weighted by Gasteiger charge is -2.16. The van der Waals surface area contributed by atoms with E-state index in [1.54, 1.807) is 0 Å². The van der Waals surface area contributed by atoms with Gasteiger partial charge in [-0.25, -0.2) is 4.39 Å². The van der Waals surface area contributed by atoms with Crippen LogP contribution in [0.15, 0.2) is 18.2 Å². The van der Waals surface area contributed by atoms with E-state index in [4.69, 9.17) is 16.7 Å². The molecule has 0 amide bonds. The van der Waals surface area contributed by atoms with E-state index in [-0.39, 0.29) is 5.92 Å². The second kappa shape index (κ2) is 4.39.